The first-order valence-electron chi connectivity index (χ1n) is 9.55. The zero-order valence-corrected chi connectivity index (χ0v) is 15.7. The van der Waals surface area contributed by atoms with E-state index in [9.17, 15) is 9.59 Å². The van der Waals surface area contributed by atoms with Crippen LogP contribution in [0.15, 0.2) is 29.1 Å². The number of aromatic amines is 1. The number of rotatable bonds is 6. The number of hydrogen-bond acceptors (Lipinski definition) is 3. The molecular weight excluding hydrogens is 328 g/mol. The van der Waals surface area contributed by atoms with E-state index in [4.69, 9.17) is 4.74 Å². The topological polar surface area (TPSA) is 62.4 Å². The fourth-order valence-electron chi connectivity index (χ4n) is 3.66. The van der Waals surface area contributed by atoms with Gasteiger partial charge in [-0.25, -0.2) is 0 Å². The maximum absolute atomic E-state index is 12.6. The second-order valence-corrected chi connectivity index (χ2v) is 7.22. The van der Waals surface area contributed by atoms with Gasteiger partial charge in [-0.05, 0) is 62.1 Å². The zero-order valence-electron chi connectivity index (χ0n) is 15.7. The highest BCUT2D eigenvalue weighted by molar-refractivity contribution is 5.80. The number of amides is 1. The number of carbonyl (C=O) groups is 1. The van der Waals surface area contributed by atoms with E-state index in [0.717, 1.165) is 49.0 Å². The molecule has 140 valence electrons. The first kappa shape index (κ1) is 18.6. The van der Waals surface area contributed by atoms with Crippen molar-refractivity contribution >= 4 is 16.8 Å². The third-order valence-electron chi connectivity index (χ3n) is 5.12. The van der Waals surface area contributed by atoms with Gasteiger partial charge in [0.1, 0.15) is 0 Å². The van der Waals surface area contributed by atoms with Gasteiger partial charge in [0.2, 0.25) is 5.91 Å². The summed E-state index contributed by atoms with van der Waals surface area (Å²) in [5.74, 6) is 0.564. The summed E-state index contributed by atoms with van der Waals surface area (Å²) >= 11 is 0. The summed E-state index contributed by atoms with van der Waals surface area (Å²) in [6.45, 7) is 7.02. The van der Waals surface area contributed by atoms with Crippen LogP contribution in [-0.4, -0.2) is 42.1 Å². The summed E-state index contributed by atoms with van der Waals surface area (Å²) in [4.78, 5) is 29.8. The third kappa shape index (κ3) is 4.52. The standard InChI is InChI=1S/C21H28N2O3/c1-3-26-14-16-5-4-10-23(13-16)20(24)9-8-18-12-17-7-6-15(2)11-19(17)22-21(18)25/h6-7,11-12,16H,3-5,8-10,13-14H2,1-2H3,(H,22,25). The van der Waals surface area contributed by atoms with E-state index in [0.29, 0.717) is 30.9 Å². The van der Waals surface area contributed by atoms with Crippen LogP contribution in [0.4, 0.5) is 0 Å². The quantitative estimate of drug-likeness (QED) is 0.865. The first-order valence-corrected chi connectivity index (χ1v) is 9.55. The summed E-state index contributed by atoms with van der Waals surface area (Å²) in [6, 6.07) is 7.92. The third-order valence-corrected chi connectivity index (χ3v) is 5.12. The van der Waals surface area contributed by atoms with Crippen molar-refractivity contribution in [1.29, 1.82) is 0 Å². The molecule has 0 radical (unpaired) electrons. The Morgan fingerprint density at radius 2 is 2.19 bits per heavy atom. The number of likely N-dealkylation sites (tertiary alicyclic amines) is 1. The number of piperidine rings is 1. The van der Waals surface area contributed by atoms with Crippen LogP contribution in [0, 0.1) is 12.8 Å². The number of pyridine rings is 1. The minimum atomic E-state index is -0.0937. The van der Waals surface area contributed by atoms with Gasteiger partial charge < -0.3 is 14.6 Å². The molecule has 1 fully saturated rings. The number of benzene rings is 1. The number of carbonyl (C=O) groups excluding carboxylic acids is 1. The van der Waals surface area contributed by atoms with Crippen molar-refractivity contribution in [3.63, 3.8) is 0 Å². The smallest absolute Gasteiger partial charge is 0.251 e. The maximum Gasteiger partial charge on any atom is 0.251 e. The summed E-state index contributed by atoms with van der Waals surface area (Å²) < 4.78 is 5.51. The van der Waals surface area contributed by atoms with Crippen LogP contribution >= 0.6 is 0 Å². The van der Waals surface area contributed by atoms with Crippen LogP contribution < -0.4 is 5.56 Å². The number of H-pyrrole nitrogens is 1. The van der Waals surface area contributed by atoms with Gasteiger partial charge in [0, 0.05) is 37.2 Å². The van der Waals surface area contributed by atoms with Crippen molar-refractivity contribution in [2.24, 2.45) is 5.92 Å². The Morgan fingerprint density at radius 1 is 1.35 bits per heavy atom. The number of aromatic nitrogens is 1. The predicted octanol–water partition coefficient (Wildman–Crippen LogP) is 3.04. The van der Waals surface area contributed by atoms with Crippen LogP contribution in [0.5, 0.6) is 0 Å². The maximum atomic E-state index is 12.6. The van der Waals surface area contributed by atoms with Gasteiger partial charge in [0.05, 0.1) is 6.61 Å². The van der Waals surface area contributed by atoms with Gasteiger partial charge >= 0.3 is 0 Å². The normalized spacial score (nSPS) is 17.6. The van der Waals surface area contributed by atoms with E-state index in [1.807, 2.05) is 43.0 Å². The first-order chi connectivity index (χ1) is 12.6. The van der Waals surface area contributed by atoms with Crippen LogP contribution in [0.1, 0.15) is 37.3 Å². The molecule has 5 nitrogen and oxygen atoms in total. The Balaban J connectivity index is 1.62. The number of ether oxygens (including phenoxy) is 1. The van der Waals surface area contributed by atoms with Crippen molar-refractivity contribution in [2.45, 2.75) is 39.5 Å². The minimum Gasteiger partial charge on any atom is -0.381 e. The molecular formula is C21H28N2O3. The molecule has 0 bridgehead atoms. The summed E-state index contributed by atoms with van der Waals surface area (Å²) in [5.41, 5.74) is 2.55. The highest BCUT2D eigenvalue weighted by Gasteiger charge is 2.23. The molecule has 1 amide bonds. The molecule has 5 heteroatoms. The number of nitrogens with zero attached hydrogens (tertiary/aromatic N) is 1. The molecule has 0 aliphatic carbocycles. The Hall–Kier alpha value is -2.14. The summed E-state index contributed by atoms with van der Waals surface area (Å²) in [5, 5.41) is 1.01. The van der Waals surface area contributed by atoms with Crippen molar-refractivity contribution in [2.75, 3.05) is 26.3 Å². The molecule has 26 heavy (non-hydrogen) atoms. The van der Waals surface area contributed by atoms with Crippen molar-refractivity contribution in [1.82, 2.24) is 9.88 Å². The molecule has 2 heterocycles. The van der Waals surface area contributed by atoms with Crippen molar-refractivity contribution in [3.8, 4) is 0 Å². The fourth-order valence-corrected chi connectivity index (χ4v) is 3.66. The van der Waals surface area contributed by atoms with Crippen LogP contribution in [0.3, 0.4) is 0 Å². The van der Waals surface area contributed by atoms with E-state index in [1.165, 1.54) is 0 Å². The predicted molar refractivity (Wildman–Crippen MR) is 103 cm³/mol. The highest BCUT2D eigenvalue weighted by atomic mass is 16.5. The average Bonchev–Trinajstić information content (AvgIpc) is 2.64. The minimum absolute atomic E-state index is 0.0937. The highest BCUT2D eigenvalue weighted by Crippen LogP contribution is 2.18. The molecule has 1 saturated heterocycles. The van der Waals surface area contributed by atoms with E-state index in [1.54, 1.807) is 0 Å². The molecule has 1 unspecified atom stereocenters. The van der Waals surface area contributed by atoms with Crippen LogP contribution in [0.25, 0.3) is 10.9 Å². The molecule has 1 aromatic carbocycles. The Bertz CT molecular complexity index is 828. The number of aryl methyl sites for hydroxylation is 2. The Labute approximate surface area is 154 Å². The van der Waals surface area contributed by atoms with E-state index < -0.39 is 0 Å². The van der Waals surface area contributed by atoms with E-state index in [2.05, 4.69) is 4.98 Å². The van der Waals surface area contributed by atoms with Crippen molar-refractivity contribution < 1.29 is 9.53 Å². The van der Waals surface area contributed by atoms with Gasteiger partial charge in [0.15, 0.2) is 0 Å². The molecule has 0 spiro atoms. The lowest BCUT2D eigenvalue weighted by Gasteiger charge is -2.32. The van der Waals surface area contributed by atoms with E-state index >= 15 is 0 Å². The Morgan fingerprint density at radius 3 is 3.00 bits per heavy atom. The summed E-state index contributed by atoms with van der Waals surface area (Å²) in [6.07, 6.45) is 3.00. The SMILES string of the molecule is CCOCC1CCCN(C(=O)CCc2cc3ccc(C)cc3[nH]c2=O)C1. The molecule has 1 aliphatic rings. The molecule has 1 N–H and O–H groups in total. The van der Waals surface area contributed by atoms with Crippen LogP contribution in [-0.2, 0) is 16.0 Å². The molecule has 2 aromatic rings. The second kappa shape index (κ2) is 8.49. The lowest BCUT2D eigenvalue weighted by atomic mass is 9.98. The molecule has 3 rings (SSSR count). The molecule has 1 aromatic heterocycles. The fraction of sp³-hybridized carbons (Fsp3) is 0.524. The zero-order chi connectivity index (χ0) is 18.5. The van der Waals surface area contributed by atoms with Crippen molar-refractivity contribution in [3.05, 3.63) is 45.7 Å². The van der Waals surface area contributed by atoms with E-state index in [-0.39, 0.29) is 11.5 Å². The lowest BCUT2D eigenvalue weighted by Crippen LogP contribution is -2.41. The molecule has 1 atom stereocenters. The number of hydrogen-bond donors (Lipinski definition) is 1. The Kier molecular flexibility index (Phi) is 6.09. The second-order valence-electron chi connectivity index (χ2n) is 7.22. The van der Waals surface area contributed by atoms with Crippen LogP contribution in [0.2, 0.25) is 0 Å². The van der Waals surface area contributed by atoms with Gasteiger partial charge in [0.25, 0.3) is 5.56 Å². The lowest BCUT2D eigenvalue weighted by molar-refractivity contribution is -0.133. The van der Waals surface area contributed by atoms with Gasteiger partial charge in [-0.2, -0.15) is 0 Å². The largest absolute Gasteiger partial charge is 0.381 e. The molecule has 0 saturated carbocycles. The van der Waals surface area contributed by atoms with Gasteiger partial charge in [-0.15, -0.1) is 0 Å². The summed E-state index contributed by atoms with van der Waals surface area (Å²) in [7, 11) is 0. The monoisotopic (exact) mass is 356 g/mol. The number of nitrogens with one attached hydrogen (secondary N) is 1. The number of fused-ring (bicyclic) bond motifs is 1. The van der Waals surface area contributed by atoms with Gasteiger partial charge in [-0.1, -0.05) is 12.1 Å². The molecule has 1 aliphatic heterocycles. The average molecular weight is 356 g/mol. The van der Waals surface area contributed by atoms with Gasteiger partial charge in [-0.3, -0.25) is 9.59 Å².